The molecule has 178 valence electrons. The number of methoxy groups -OCH3 is 1. The molecule has 3 aromatic rings. The van der Waals surface area contributed by atoms with Crippen molar-refractivity contribution in [1.82, 2.24) is 20.1 Å². The van der Waals surface area contributed by atoms with E-state index in [4.69, 9.17) is 9.47 Å². The second-order valence-corrected chi connectivity index (χ2v) is 9.72. The highest BCUT2D eigenvalue weighted by atomic mass is 32.2. The van der Waals surface area contributed by atoms with Crippen LogP contribution in [0.25, 0.3) is 11.4 Å². The molecule has 2 heterocycles. The van der Waals surface area contributed by atoms with Crippen molar-refractivity contribution in [3.05, 3.63) is 59.7 Å². The summed E-state index contributed by atoms with van der Waals surface area (Å²) in [6, 6.07) is 16.3. The number of aryl methyl sites for hydroxylation is 1. The summed E-state index contributed by atoms with van der Waals surface area (Å²) in [6.07, 6.45) is 5.38. The second-order valence-electron chi connectivity index (χ2n) is 8.78. The van der Waals surface area contributed by atoms with Crippen LogP contribution < -0.4 is 10.1 Å². The van der Waals surface area contributed by atoms with Crippen molar-refractivity contribution in [3.8, 4) is 17.1 Å². The fourth-order valence-corrected chi connectivity index (χ4v) is 5.53. The molecule has 0 spiro atoms. The Balaban J connectivity index is 1.30. The van der Waals surface area contributed by atoms with E-state index in [0.29, 0.717) is 12.3 Å². The van der Waals surface area contributed by atoms with Gasteiger partial charge in [-0.05, 0) is 67.5 Å². The summed E-state index contributed by atoms with van der Waals surface area (Å²) in [5, 5.41) is 12.9. The van der Waals surface area contributed by atoms with E-state index in [2.05, 4.69) is 38.3 Å². The monoisotopic (exact) mass is 478 g/mol. The zero-order valence-corrected chi connectivity index (χ0v) is 20.2. The molecule has 0 bridgehead atoms. The van der Waals surface area contributed by atoms with Crippen molar-refractivity contribution in [3.63, 3.8) is 0 Å². The maximum absolute atomic E-state index is 12.9. The summed E-state index contributed by atoms with van der Waals surface area (Å²) in [4.78, 5) is 12.9. The Morgan fingerprint density at radius 2 is 2.00 bits per heavy atom. The first-order valence-corrected chi connectivity index (χ1v) is 12.9. The lowest BCUT2D eigenvalue weighted by Crippen LogP contribution is -2.32. The van der Waals surface area contributed by atoms with E-state index >= 15 is 0 Å². The van der Waals surface area contributed by atoms with Crippen LogP contribution in [0, 0.1) is 0 Å². The van der Waals surface area contributed by atoms with Gasteiger partial charge >= 0.3 is 0 Å². The summed E-state index contributed by atoms with van der Waals surface area (Å²) in [5.41, 5.74) is 3.55. The Labute approximate surface area is 204 Å². The minimum atomic E-state index is 0.0179. The molecule has 2 aliphatic rings. The number of thioether (sulfide) groups is 1. The lowest BCUT2D eigenvalue weighted by Gasteiger charge is -2.26. The molecule has 8 heteroatoms. The first-order chi connectivity index (χ1) is 16.7. The van der Waals surface area contributed by atoms with Crippen LogP contribution >= 0.6 is 11.8 Å². The van der Waals surface area contributed by atoms with Crippen molar-refractivity contribution in [2.75, 3.05) is 19.5 Å². The average molecular weight is 479 g/mol. The highest BCUT2D eigenvalue weighted by Gasteiger charge is 2.24. The van der Waals surface area contributed by atoms with Gasteiger partial charge in [-0.3, -0.25) is 9.36 Å². The first kappa shape index (κ1) is 22.9. The van der Waals surface area contributed by atoms with Crippen LogP contribution in [0.2, 0.25) is 0 Å². The van der Waals surface area contributed by atoms with Gasteiger partial charge in [0.15, 0.2) is 11.0 Å². The second kappa shape index (κ2) is 10.6. The number of aromatic nitrogens is 3. The van der Waals surface area contributed by atoms with Gasteiger partial charge in [0, 0.05) is 12.2 Å². The summed E-state index contributed by atoms with van der Waals surface area (Å²) in [7, 11) is 1.65. The molecular weight excluding hydrogens is 448 g/mol. The Morgan fingerprint density at radius 1 is 1.15 bits per heavy atom. The molecule has 2 atom stereocenters. The molecule has 0 unspecified atom stereocenters. The van der Waals surface area contributed by atoms with E-state index in [1.165, 1.54) is 22.9 Å². The zero-order valence-electron chi connectivity index (χ0n) is 19.4. The Kier molecular flexibility index (Phi) is 7.16. The van der Waals surface area contributed by atoms with Crippen LogP contribution in [0.5, 0.6) is 5.75 Å². The van der Waals surface area contributed by atoms with E-state index in [1.54, 1.807) is 7.11 Å². The number of hydrogen-bond acceptors (Lipinski definition) is 6. The summed E-state index contributed by atoms with van der Waals surface area (Å²) >= 11 is 1.43. The predicted molar refractivity (Wildman–Crippen MR) is 132 cm³/mol. The number of carbonyl (C=O) groups is 1. The molecule has 1 N–H and O–H groups in total. The van der Waals surface area contributed by atoms with Gasteiger partial charge in [0.2, 0.25) is 5.91 Å². The van der Waals surface area contributed by atoms with Crippen LogP contribution in [0.3, 0.4) is 0 Å². The lowest BCUT2D eigenvalue weighted by molar-refractivity contribution is -0.119. The fourth-order valence-electron chi connectivity index (χ4n) is 4.78. The van der Waals surface area contributed by atoms with E-state index in [0.717, 1.165) is 61.0 Å². The number of ether oxygens (including phenoxy) is 2. The predicted octanol–water partition coefficient (Wildman–Crippen LogP) is 4.42. The van der Waals surface area contributed by atoms with Crippen LogP contribution in [0.1, 0.15) is 42.9 Å². The topological polar surface area (TPSA) is 78.3 Å². The van der Waals surface area contributed by atoms with Gasteiger partial charge in [-0.15, -0.1) is 10.2 Å². The Hall–Kier alpha value is -2.84. The number of fused-ring (bicyclic) bond motifs is 1. The van der Waals surface area contributed by atoms with E-state index in [1.807, 2.05) is 30.3 Å². The molecule has 1 amide bonds. The van der Waals surface area contributed by atoms with Gasteiger partial charge in [0.25, 0.3) is 0 Å². The molecule has 1 saturated heterocycles. The first-order valence-electron chi connectivity index (χ1n) is 11.9. The molecule has 1 fully saturated rings. The van der Waals surface area contributed by atoms with Crippen molar-refractivity contribution in [1.29, 1.82) is 0 Å². The molecule has 2 aromatic carbocycles. The van der Waals surface area contributed by atoms with Crippen molar-refractivity contribution in [2.24, 2.45) is 0 Å². The summed E-state index contributed by atoms with van der Waals surface area (Å²) in [5.74, 6) is 1.89. The highest BCUT2D eigenvalue weighted by Crippen LogP contribution is 2.30. The number of nitrogens with one attached hydrogen (secondary N) is 1. The van der Waals surface area contributed by atoms with Crippen LogP contribution in [0.4, 0.5) is 0 Å². The van der Waals surface area contributed by atoms with Gasteiger partial charge in [0.05, 0.1) is 31.6 Å². The molecule has 0 saturated carbocycles. The maximum atomic E-state index is 12.9. The molecule has 1 aliphatic carbocycles. The fraction of sp³-hybridized carbons (Fsp3) is 0.423. The lowest BCUT2D eigenvalue weighted by atomic mass is 9.88. The summed E-state index contributed by atoms with van der Waals surface area (Å²) < 4.78 is 13.3. The van der Waals surface area contributed by atoms with Gasteiger partial charge in [-0.25, -0.2) is 0 Å². The molecule has 5 rings (SSSR count). The van der Waals surface area contributed by atoms with Crippen molar-refractivity contribution < 1.29 is 14.3 Å². The third-order valence-electron chi connectivity index (χ3n) is 6.51. The summed E-state index contributed by atoms with van der Waals surface area (Å²) in [6.45, 7) is 1.47. The molecule has 0 radical (unpaired) electrons. The van der Waals surface area contributed by atoms with E-state index in [9.17, 15) is 4.79 Å². The number of nitrogens with zero attached hydrogens (tertiary/aromatic N) is 3. The number of benzene rings is 2. The van der Waals surface area contributed by atoms with Crippen molar-refractivity contribution >= 4 is 17.7 Å². The minimum Gasteiger partial charge on any atom is -0.497 e. The third-order valence-corrected chi connectivity index (χ3v) is 7.48. The van der Waals surface area contributed by atoms with Gasteiger partial charge in [-0.1, -0.05) is 36.0 Å². The van der Waals surface area contributed by atoms with E-state index < -0.39 is 0 Å². The van der Waals surface area contributed by atoms with Gasteiger partial charge < -0.3 is 14.8 Å². The van der Waals surface area contributed by atoms with Gasteiger partial charge in [0.1, 0.15) is 5.75 Å². The smallest absolute Gasteiger partial charge is 0.230 e. The quantitative estimate of drug-likeness (QED) is 0.483. The van der Waals surface area contributed by atoms with Crippen molar-refractivity contribution in [2.45, 2.75) is 56.0 Å². The largest absolute Gasteiger partial charge is 0.497 e. The van der Waals surface area contributed by atoms with E-state index in [-0.39, 0.29) is 18.1 Å². The van der Waals surface area contributed by atoms with Crippen LogP contribution in [-0.4, -0.2) is 46.2 Å². The highest BCUT2D eigenvalue weighted by molar-refractivity contribution is 7.99. The van der Waals surface area contributed by atoms with Crippen LogP contribution in [0.15, 0.2) is 53.7 Å². The maximum Gasteiger partial charge on any atom is 0.230 e. The van der Waals surface area contributed by atoms with Crippen LogP contribution in [-0.2, 0) is 22.5 Å². The number of amides is 1. The normalized spacial score (nSPS) is 19.6. The molecule has 1 aliphatic heterocycles. The average Bonchev–Trinajstić information content (AvgIpc) is 3.53. The minimum absolute atomic E-state index is 0.0179. The number of rotatable bonds is 8. The SMILES string of the molecule is COc1ccc(-c2nnc(SCC(=O)N[C@H]3CCCc4ccccc43)n2C[C@@H]2CCCO2)cc1. The standard InChI is InChI=1S/C26H30N4O3S/c1-32-20-13-11-19(12-14-20)25-28-29-26(30(25)16-21-8-5-15-33-21)34-17-24(31)27-23-10-4-7-18-6-2-3-9-22(18)23/h2-3,6,9,11-14,21,23H,4-5,7-8,10,15-17H2,1H3,(H,27,31)/t21-,23-/m0/s1. The van der Waals surface area contributed by atoms with Gasteiger partial charge in [-0.2, -0.15) is 0 Å². The Bertz CT molecular complexity index is 1130. The molecule has 1 aromatic heterocycles. The zero-order chi connectivity index (χ0) is 23.3. The Morgan fingerprint density at radius 3 is 2.79 bits per heavy atom. The number of hydrogen-bond donors (Lipinski definition) is 1. The number of carbonyl (C=O) groups excluding carboxylic acids is 1. The molecule has 34 heavy (non-hydrogen) atoms. The third kappa shape index (κ3) is 5.13. The molecule has 7 nitrogen and oxygen atoms in total. The molecular formula is C26H30N4O3S.